The molecule has 0 spiro atoms. The highest BCUT2D eigenvalue weighted by atomic mass is 14.7. The molecule has 2 aromatic carbocycles. The molecule has 0 aliphatic heterocycles. The van der Waals surface area contributed by atoms with Crippen LogP contribution in [0.15, 0.2) is 78.0 Å². The monoisotopic (exact) mass is 338 g/mol. The molecule has 1 aliphatic carbocycles. The summed E-state index contributed by atoms with van der Waals surface area (Å²) >= 11 is 0. The molecular formula is C24H22N2. The van der Waals surface area contributed by atoms with Crippen LogP contribution in [-0.2, 0) is 0 Å². The third kappa shape index (κ3) is 4.11. The largest absolute Gasteiger partial charge is 0.261 e. The van der Waals surface area contributed by atoms with Crippen LogP contribution in [0.5, 0.6) is 0 Å². The van der Waals surface area contributed by atoms with Gasteiger partial charge in [-0.05, 0) is 35.5 Å². The number of allylic oxidation sites excluding steroid dienone is 3. The normalized spacial score (nSPS) is 20.2. The summed E-state index contributed by atoms with van der Waals surface area (Å²) in [7, 11) is 0. The average molecular weight is 338 g/mol. The lowest BCUT2D eigenvalue weighted by molar-refractivity contribution is 0.420. The van der Waals surface area contributed by atoms with E-state index < -0.39 is 0 Å². The molecule has 0 bridgehead atoms. The summed E-state index contributed by atoms with van der Waals surface area (Å²) in [5, 5.41) is 9.42. The molecule has 128 valence electrons. The van der Waals surface area contributed by atoms with Crippen molar-refractivity contribution >= 4 is 6.08 Å². The molecule has 1 saturated carbocycles. The van der Waals surface area contributed by atoms with E-state index >= 15 is 0 Å². The quantitative estimate of drug-likeness (QED) is 0.470. The van der Waals surface area contributed by atoms with Crippen molar-refractivity contribution < 1.29 is 0 Å². The lowest BCUT2D eigenvalue weighted by Crippen LogP contribution is -2.19. The standard InChI is InChI=1S/C24H22N2/c1-26-24(18-25)23-15-9-8-14-22(23)21(20-12-6-3-7-13-20)17-16-19-10-4-2-5-11-19/h2-7,10-13,16-17,21-22H,8-9,14-15H2/b17-16+,24-23+/t21-,22-/m0/s1. The molecule has 0 saturated heterocycles. The SMILES string of the molecule is [C-]#[N+]/C(C#N)=C1\CCCC[C@H]1[C@@H](/C=C/c1ccccc1)c1ccccc1. The van der Waals surface area contributed by atoms with Crippen LogP contribution >= 0.6 is 0 Å². The average Bonchev–Trinajstić information content (AvgIpc) is 2.72. The summed E-state index contributed by atoms with van der Waals surface area (Å²) < 4.78 is 0. The van der Waals surface area contributed by atoms with Gasteiger partial charge in [-0.3, -0.25) is 0 Å². The van der Waals surface area contributed by atoms with Crippen molar-refractivity contribution in [2.24, 2.45) is 5.92 Å². The Balaban J connectivity index is 2.02. The van der Waals surface area contributed by atoms with Crippen molar-refractivity contribution in [2.75, 3.05) is 0 Å². The van der Waals surface area contributed by atoms with Crippen molar-refractivity contribution in [1.29, 1.82) is 5.26 Å². The van der Waals surface area contributed by atoms with Gasteiger partial charge in [-0.2, -0.15) is 0 Å². The van der Waals surface area contributed by atoms with E-state index in [2.05, 4.69) is 59.5 Å². The van der Waals surface area contributed by atoms with Gasteiger partial charge in [-0.25, -0.2) is 10.1 Å². The zero-order valence-corrected chi connectivity index (χ0v) is 14.8. The maximum Gasteiger partial charge on any atom is 0.261 e. The summed E-state index contributed by atoms with van der Waals surface area (Å²) in [6, 6.07) is 22.9. The molecule has 0 N–H and O–H groups in total. The highest BCUT2D eigenvalue weighted by molar-refractivity contribution is 5.51. The molecule has 1 aliphatic rings. The van der Waals surface area contributed by atoms with E-state index in [1.807, 2.05) is 24.3 Å². The summed E-state index contributed by atoms with van der Waals surface area (Å²) in [5.41, 5.74) is 3.75. The second-order valence-electron chi connectivity index (χ2n) is 6.66. The zero-order chi connectivity index (χ0) is 18.2. The van der Waals surface area contributed by atoms with E-state index in [1.165, 1.54) is 11.1 Å². The minimum Gasteiger partial charge on any atom is -0.227 e. The van der Waals surface area contributed by atoms with Gasteiger partial charge in [-0.1, -0.05) is 85.7 Å². The maximum absolute atomic E-state index is 9.42. The van der Waals surface area contributed by atoms with Crippen molar-refractivity contribution in [3.8, 4) is 6.07 Å². The zero-order valence-electron chi connectivity index (χ0n) is 14.8. The first-order chi connectivity index (χ1) is 12.8. The van der Waals surface area contributed by atoms with E-state index in [0.29, 0.717) is 5.70 Å². The fourth-order valence-corrected chi connectivity index (χ4v) is 3.83. The van der Waals surface area contributed by atoms with Crippen molar-refractivity contribution in [1.82, 2.24) is 0 Å². The lowest BCUT2D eigenvalue weighted by atomic mass is 9.72. The maximum atomic E-state index is 9.42. The molecule has 3 rings (SSSR count). The molecule has 0 radical (unpaired) electrons. The third-order valence-electron chi connectivity index (χ3n) is 5.09. The van der Waals surface area contributed by atoms with Crippen molar-refractivity contribution in [3.63, 3.8) is 0 Å². The van der Waals surface area contributed by atoms with Gasteiger partial charge in [0.15, 0.2) is 0 Å². The third-order valence-corrected chi connectivity index (χ3v) is 5.09. The van der Waals surface area contributed by atoms with Gasteiger partial charge < -0.3 is 0 Å². The molecule has 2 heteroatoms. The van der Waals surface area contributed by atoms with Crippen molar-refractivity contribution in [2.45, 2.75) is 31.6 Å². The smallest absolute Gasteiger partial charge is 0.227 e. The van der Waals surface area contributed by atoms with Crippen LogP contribution < -0.4 is 0 Å². The highest BCUT2D eigenvalue weighted by Crippen LogP contribution is 2.42. The Labute approximate surface area is 155 Å². The van der Waals surface area contributed by atoms with Gasteiger partial charge in [-0.15, -0.1) is 0 Å². The topological polar surface area (TPSA) is 28.1 Å². The summed E-state index contributed by atoms with van der Waals surface area (Å²) in [4.78, 5) is 3.52. The molecule has 2 aromatic rings. The van der Waals surface area contributed by atoms with Gasteiger partial charge in [0.05, 0.1) is 12.6 Å². The first kappa shape index (κ1) is 17.7. The van der Waals surface area contributed by atoms with Crippen LogP contribution in [0.1, 0.15) is 42.7 Å². The van der Waals surface area contributed by atoms with Crippen LogP contribution in [0.2, 0.25) is 0 Å². The number of nitrogens with zero attached hydrogens (tertiary/aromatic N) is 2. The Morgan fingerprint density at radius 1 is 1.08 bits per heavy atom. The van der Waals surface area contributed by atoms with Gasteiger partial charge in [0.1, 0.15) is 0 Å². The number of hydrogen-bond donors (Lipinski definition) is 0. The minimum atomic E-state index is 0.178. The van der Waals surface area contributed by atoms with E-state index in [9.17, 15) is 5.26 Å². The molecule has 26 heavy (non-hydrogen) atoms. The Hall–Kier alpha value is -3.10. The predicted molar refractivity (Wildman–Crippen MR) is 106 cm³/mol. The Morgan fingerprint density at radius 3 is 2.42 bits per heavy atom. The summed E-state index contributed by atoms with van der Waals surface area (Å²) in [6.45, 7) is 7.39. The number of nitriles is 1. The molecular weight excluding hydrogens is 316 g/mol. The first-order valence-electron chi connectivity index (χ1n) is 9.12. The predicted octanol–water partition coefficient (Wildman–Crippen LogP) is 6.37. The summed E-state index contributed by atoms with van der Waals surface area (Å²) in [5.74, 6) is 0.395. The Morgan fingerprint density at radius 2 is 1.77 bits per heavy atom. The fourth-order valence-electron chi connectivity index (χ4n) is 3.83. The first-order valence-corrected chi connectivity index (χ1v) is 9.12. The van der Waals surface area contributed by atoms with Gasteiger partial charge in [0.25, 0.3) is 5.70 Å². The van der Waals surface area contributed by atoms with Crippen LogP contribution in [0.3, 0.4) is 0 Å². The summed E-state index contributed by atoms with van der Waals surface area (Å²) in [6.07, 6.45) is 8.50. The molecule has 2 atom stereocenters. The Bertz CT molecular complexity index is 848. The number of hydrogen-bond acceptors (Lipinski definition) is 1. The molecule has 0 heterocycles. The lowest BCUT2D eigenvalue weighted by Gasteiger charge is -2.32. The second-order valence-corrected chi connectivity index (χ2v) is 6.66. The molecule has 1 fully saturated rings. The number of benzene rings is 2. The van der Waals surface area contributed by atoms with Crippen LogP contribution in [0, 0.1) is 23.8 Å². The highest BCUT2D eigenvalue weighted by Gasteiger charge is 2.29. The molecule has 0 amide bonds. The van der Waals surface area contributed by atoms with E-state index in [0.717, 1.165) is 31.3 Å². The van der Waals surface area contributed by atoms with Crippen LogP contribution in [0.25, 0.3) is 10.9 Å². The van der Waals surface area contributed by atoms with Gasteiger partial charge in [0.2, 0.25) is 0 Å². The van der Waals surface area contributed by atoms with Gasteiger partial charge in [0, 0.05) is 5.92 Å². The Kier molecular flexibility index (Phi) is 6.02. The van der Waals surface area contributed by atoms with Crippen LogP contribution in [-0.4, -0.2) is 0 Å². The van der Waals surface area contributed by atoms with E-state index in [1.54, 1.807) is 0 Å². The fraction of sp³-hybridized carbons (Fsp3) is 0.250. The second kappa shape index (κ2) is 8.84. The van der Waals surface area contributed by atoms with Crippen LogP contribution in [0.4, 0.5) is 0 Å². The number of rotatable bonds is 4. The molecule has 0 aromatic heterocycles. The van der Waals surface area contributed by atoms with Gasteiger partial charge >= 0.3 is 0 Å². The van der Waals surface area contributed by atoms with E-state index in [-0.39, 0.29) is 11.8 Å². The van der Waals surface area contributed by atoms with Crippen molar-refractivity contribution in [3.05, 3.63) is 101 Å². The molecule has 0 unspecified atom stereocenters. The minimum absolute atomic E-state index is 0.178. The molecule has 2 nitrogen and oxygen atoms in total. The van der Waals surface area contributed by atoms with E-state index in [4.69, 9.17) is 6.57 Å².